The van der Waals surface area contributed by atoms with Crippen molar-refractivity contribution >= 4 is 34.8 Å². The fourth-order valence-electron chi connectivity index (χ4n) is 4.15. The first-order chi connectivity index (χ1) is 15.8. The molecule has 1 fully saturated rings. The third-order valence-corrected chi connectivity index (χ3v) is 6.09. The van der Waals surface area contributed by atoms with E-state index < -0.39 is 5.97 Å². The summed E-state index contributed by atoms with van der Waals surface area (Å²) in [5.41, 5.74) is 2.93. The Kier molecular flexibility index (Phi) is 8.54. The van der Waals surface area contributed by atoms with Crippen molar-refractivity contribution in [2.75, 3.05) is 30.0 Å². The lowest BCUT2D eigenvalue weighted by molar-refractivity contribution is -0.137. The molecule has 7 nitrogen and oxygen atoms in total. The number of aliphatic carboxylic acids is 1. The molecule has 0 saturated carbocycles. The third kappa shape index (κ3) is 6.59. The van der Waals surface area contributed by atoms with E-state index in [1.807, 2.05) is 25.1 Å². The Morgan fingerprint density at radius 3 is 2.67 bits per heavy atom. The number of hydrogen-bond acceptors (Lipinski definition) is 6. The number of carboxylic acids is 1. The van der Waals surface area contributed by atoms with Crippen LogP contribution in [0, 0.1) is 17.2 Å². The van der Waals surface area contributed by atoms with Crippen molar-refractivity contribution in [1.29, 1.82) is 5.26 Å². The molecule has 2 N–H and O–H groups in total. The summed E-state index contributed by atoms with van der Waals surface area (Å²) >= 11 is 6.07. The molecule has 2 heterocycles. The molecule has 1 aliphatic rings. The summed E-state index contributed by atoms with van der Waals surface area (Å²) in [6.07, 6.45) is 1.94. The van der Waals surface area contributed by atoms with Gasteiger partial charge < -0.3 is 20.1 Å². The molecule has 33 heavy (non-hydrogen) atoms. The molecule has 0 bridgehead atoms. The first-order valence-corrected chi connectivity index (χ1v) is 11.7. The maximum absolute atomic E-state index is 11.3. The highest BCUT2D eigenvalue weighted by Crippen LogP contribution is 2.36. The molecule has 1 unspecified atom stereocenters. The third-order valence-electron chi connectivity index (χ3n) is 5.79. The van der Waals surface area contributed by atoms with Gasteiger partial charge in [0.2, 0.25) is 0 Å². The van der Waals surface area contributed by atoms with Gasteiger partial charge in [-0.15, -0.1) is 0 Å². The van der Waals surface area contributed by atoms with E-state index in [1.54, 1.807) is 12.1 Å². The van der Waals surface area contributed by atoms with Gasteiger partial charge in [0.15, 0.2) is 5.69 Å². The number of anilines is 3. The zero-order valence-corrected chi connectivity index (χ0v) is 20.1. The summed E-state index contributed by atoms with van der Waals surface area (Å²) in [4.78, 5) is 18.0. The molecule has 0 spiro atoms. The molecule has 0 amide bonds. The van der Waals surface area contributed by atoms with Gasteiger partial charge in [-0.05, 0) is 54.5 Å². The Bertz CT molecular complexity index is 1020. The normalized spacial score (nSPS) is 15.2. The van der Waals surface area contributed by atoms with E-state index in [1.165, 1.54) is 0 Å². The quantitative estimate of drug-likeness (QED) is 0.494. The highest BCUT2D eigenvalue weighted by atomic mass is 35.5. The van der Waals surface area contributed by atoms with Crippen LogP contribution in [0.1, 0.15) is 57.2 Å². The van der Waals surface area contributed by atoms with Gasteiger partial charge in [0.1, 0.15) is 11.9 Å². The minimum atomic E-state index is -0.831. The Morgan fingerprint density at radius 2 is 2.03 bits per heavy atom. The summed E-state index contributed by atoms with van der Waals surface area (Å²) in [6, 6.07) is 11.8. The van der Waals surface area contributed by atoms with Crippen molar-refractivity contribution in [3.63, 3.8) is 0 Å². The van der Waals surface area contributed by atoms with Crippen molar-refractivity contribution in [3.05, 3.63) is 46.6 Å². The average molecular weight is 471 g/mol. The second kappa shape index (κ2) is 11.4. The SMILES string of the molecule is CC(C)CN(c1ccc(C(C)CC(=O)O)cc1Nc1ccc(Cl)c(C#N)n1)C1CCOCC1. The van der Waals surface area contributed by atoms with Crippen LogP contribution in [0.5, 0.6) is 0 Å². The molecule has 1 aromatic carbocycles. The van der Waals surface area contributed by atoms with Gasteiger partial charge in [0.05, 0.1) is 22.8 Å². The number of halogens is 1. The van der Waals surface area contributed by atoms with Crippen LogP contribution >= 0.6 is 11.6 Å². The van der Waals surface area contributed by atoms with E-state index in [9.17, 15) is 15.2 Å². The molecular weight excluding hydrogens is 440 g/mol. The fraction of sp³-hybridized carbons (Fsp3) is 0.480. The Morgan fingerprint density at radius 1 is 1.30 bits per heavy atom. The lowest BCUT2D eigenvalue weighted by Gasteiger charge is -2.38. The highest BCUT2D eigenvalue weighted by Gasteiger charge is 2.25. The second-order valence-corrected chi connectivity index (χ2v) is 9.34. The number of ether oxygens (including phenoxy) is 1. The Hall–Kier alpha value is -2.82. The van der Waals surface area contributed by atoms with Crippen LogP contribution in [0.3, 0.4) is 0 Å². The van der Waals surface area contributed by atoms with Gasteiger partial charge >= 0.3 is 5.97 Å². The zero-order valence-electron chi connectivity index (χ0n) is 19.3. The number of nitrogens with zero attached hydrogens (tertiary/aromatic N) is 3. The van der Waals surface area contributed by atoms with Crippen LogP contribution in [0.4, 0.5) is 17.2 Å². The maximum Gasteiger partial charge on any atom is 0.303 e. The second-order valence-electron chi connectivity index (χ2n) is 8.93. The van der Waals surface area contributed by atoms with Crippen LogP contribution in [0.25, 0.3) is 0 Å². The molecule has 2 aromatic rings. The molecule has 8 heteroatoms. The molecule has 176 valence electrons. The monoisotopic (exact) mass is 470 g/mol. The van der Waals surface area contributed by atoms with E-state index >= 15 is 0 Å². The summed E-state index contributed by atoms with van der Waals surface area (Å²) in [7, 11) is 0. The maximum atomic E-state index is 11.3. The van der Waals surface area contributed by atoms with E-state index in [0.717, 1.165) is 49.5 Å². The average Bonchev–Trinajstić information content (AvgIpc) is 2.79. The largest absolute Gasteiger partial charge is 0.481 e. The van der Waals surface area contributed by atoms with Crippen LogP contribution < -0.4 is 10.2 Å². The lowest BCUT2D eigenvalue weighted by Crippen LogP contribution is -2.42. The topological polar surface area (TPSA) is 98.5 Å². The highest BCUT2D eigenvalue weighted by molar-refractivity contribution is 6.31. The molecule has 0 aliphatic carbocycles. The predicted molar refractivity (Wildman–Crippen MR) is 130 cm³/mol. The zero-order chi connectivity index (χ0) is 24.0. The minimum Gasteiger partial charge on any atom is -0.481 e. The molecule has 1 atom stereocenters. The molecule has 1 aliphatic heterocycles. The first kappa shape index (κ1) is 24.8. The number of hydrogen-bond donors (Lipinski definition) is 2. The number of carboxylic acid groups (broad SMARTS) is 1. The van der Waals surface area contributed by atoms with E-state index in [4.69, 9.17) is 16.3 Å². The van der Waals surface area contributed by atoms with Gasteiger partial charge in [-0.25, -0.2) is 4.98 Å². The van der Waals surface area contributed by atoms with Gasteiger partial charge in [0.25, 0.3) is 0 Å². The van der Waals surface area contributed by atoms with Gasteiger partial charge in [-0.1, -0.05) is 38.4 Å². The number of aromatic nitrogens is 1. The summed E-state index contributed by atoms with van der Waals surface area (Å²) in [6.45, 7) is 8.65. The summed E-state index contributed by atoms with van der Waals surface area (Å²) < 4.78 is 5.59. The number of pyridine rings is 1. The van der Waals surface area contributed by atoms with Crippen molar-refractivity contribution in [3.8, 4) is 6.07 Å². The van der Waals surface area contributed by atoms with E-state index in [2.05, 4.69) is 35.1 Å². The minimum absolute atomic E-state index is 0.0479. The van der Waals surface area contributed by atoms with Crippen molar-refractivity contribution in [2.24, 2.45) is 5.92 Å². The molecule has 3 rings (SSSR count). The van der Waals surface area contributed by atoms with E-state index in [-0.39, 0.29) is 18.0 Å². The first-order valence-electron chi connectivity index (χ1n) is 11.3. The number of nitriles is 1. The molecular formula is C25H31ClN4O3. The molecule has 1 saturated heterocycles. The van der Waals surface area contributed by atoms with Gasteiger partial charge in [0, 0.05) is 25.8 Å². The van der Waals surface area contributed by atoms with Gasteiger partial charge in [-0.3, -0.25) is 4.79 Å². The van der Waals surface area contributed by atoms with Crippen LogP contribution in [0.15, 0.2) is 30.3 Å². The number of rotatable bonds is 9. The number of benzene rings is 1. The van der Waals surface area contributed by atoms with Crippen molar-refractivity contribution in [2.45, 2.75) is 52.0 Å². The van der Waals surface area contributed by atoms with Crippen LogP contribution in [-0.4, -0.2) is 41.9 Å². The Balaban J connectivity index is 2.05. The van der Waals surface area contributed by atoms with Crippen molar-refractivity contribution < 1.29 is 14.6 Å². The van der Waals surface area contributed by atoms with Crippen molar-refractivity contribution in [1.82, 2.24) is 4.98 Å². The predicted octanol–water partition coefficient (Wildman–Crippen LogP) is 5.57. The molecule has 0 radical (unpaired) electrons. The van der Waals surface area contributed by atoms with E-state index in [0.29, 0.717) is 22.8 Å². The van der Waals surface area contributed by atoms with Crippen LogP contribution in [-0.2, 0) is 9.53 Å². The smallest absolute Gasteiger partial charge is 0.303 e. The number of carbonyl (C=O) groups is 1. The van der Waals surface area contributed by atoms with Crippen LogP contribution in [0.2, 0.25) is 5.02 Å². The summed E-state index contributed by atoms with van der Waals surface area (Å²) in [5, 5.41) is 22.3. The number of nitrogens with one attached hydrogen (secondary N) is 1. The molecule has 1 aromatic heterocycles. The van der Waals surface area contributed by atoms with Gasteiger partial charge in [-0.2, -0.15) is 5.26 Å². The Labute approximate surface area is 200 Å². The summed E-state index contributed by atoms with van der Waals surface area (Å²) in [5.74, 6) is -0.0174. The lowest BCUT2D eigenvalue weighted by atomic mass is 9.95. The standard InChI is InChI=1S/C25H31ClN4O3/c1-16(2)15-30(19-8-10-33-11-9-19)23-6-4-18(17(3)12-25(31)32)13-21(23)28-24-7-5-20(26)22(14-27)29-24/h4-7,13,16-17,19H,8-12,15H2,1-3H3,(H,28,29)(H,31,32). The fourth-order valence-corrected chi connectivity index (χ4v) is 4.30.